The number of rotatable bonds is 0. The van der Waals surface area contributed by atoms with Crippen LogP contribution >= 0.6 is 23.2 Å². The highest BCUT2D eigenvalue weighted by Crippen LogP contribution is 2.22. The van der Waals surface area contributed by atoms with Crippen LogP contribution in [-0.4, -0.2) is 4.98 Å². The zero-order valence-corrected chi connectivity index (χ0v) is 6.08. The molecule has 0 unspecified atom stereocenters. The van der Waals surface area contributed by atoms with Gasteiger partial charge in [0.2, 0.25) is 0 Å². The van der Waals surface area contributed by atoms with E-state index in [1.165, 1.54) is 0 Å². The van der Waals surface area contributed by atoms with E-state index in [0.717, 1.165) is 0 Å². The number of pyridine rings is 1. The molecule has 0 spiro atoms. The summed E-state index contributed by atoms with van der Waals surface area (Å²) in [5.74, 6) is 0. The molecule has 0 N–H and O–H groups in total. The molecule has 0 amide bonds. The van der Waals surface area contributed by atoms with Gasteiger partial charge in [-0.25, -0.2) is 0 Å². The van der Waals surface area contributed by atoms with Gasteiger partial charge in [0, 0.05) is 6.20 Å². The van der Waals surface area contributed by atoms with E-state index in [2.05, 4.69) is 11.9 Å². The van der Waals surface area contributed by atoms with Gasteiger partial charge in [-0.3, -0.25) is 4.98 Å². The van der Waals surface area contributed by atoms with Gasteiger partial charge in [0.1, 0.15) is 0 Å². The van der Waals surface area contributed by atoms with Crippen molar-refractivity contribution >= 4 is 23.2 Å². The predicted octanol–water partition coefficient (Wildman–Crippen LogP) is 2.57. The fourth-order valence-electron chi connectivity index (χ4n) is 0.460. The smallest absolute Gasteiger partial charge is 0.0807 e. The third-order valence-electron chi connectivity index (χ3n) is 0.914. The second kappa shape index (κ2) is 2.54. The van der Waals surface area contributed by atoms with E-state index in [9.17, 15) is 0 Å². The molecule has 1 aromatic rings. The predicted molar refractivity (Wildman–Crippen MR) is 38.7 cm³/mol. The third kappa shape index (κ3) is 1.35. The van der Waals surface area contributed by atoms with Crippen LogP contribution in [0.15, 0.2) is 12.3 Å². The topological polar surface area (TPSA) is 12.9 Å². The van der Waals surface area contributed by atoms with Gasteiger partial charge in [-0.1, -0.05) is 23.2 Å². The summed E-state index contributed by atoms with van der Waals surface area (Å²) in [7, 11) is 0. The summed E-state index contributed by atoms with van der Waals surface area (Å²) in [5, 5.41) is 0.927. The van der Waals surface area contributed by atoms with Crippen LogP contribution in [0.1, 0.15) is 5.69 Å². The van der Waals surface area contributed by atoms with E-state index < -0.39 is 0 Å². The molecule has 0 aliphatic carbocycles. The zero-order chi connectivity index (χ0) is 6.85. The van der Waals surface area contributed by atoms with Gasteiger partial charge in [-0.2, -0.15) is 0 Å². The van der Waals surface area contributed by atoms with Gasteiger partial charge in [0.15, 0.2) is 0 Å². The van der Waals surface area contributed by atoms with E-state index in [0.29, 0.717) is 15.7 Å². The molecule has 1 rings (SSSR count). The SMILES string of the molecule is [CH2]c1nccc(Cl)c1Cl. The van der Waals surface area contributed by atoms with Gasteiger partial charge in [0.25, 0.3) is 0 Å². The molecular weight excluding hydrogens is 157 g/mol. The Kier molecular flexibility index (Phi) is 1.94. The van der Waals surface area contributed by atoms with Gasteiger partial charge >= 0.3 is 0 Å². The quantitative estimate of drug-likeness (QED) is 0.569. The summed E-state index contributed by atoms with van der Waals surface area (Å²) < 4.78 is 0. The number of halogens is 2. The summed E-state index contributed by atoms with van der Waals surface area (Å²) in [6, 6.07) is 1.62. The Morgan fingerprint density at radius 2 is 2.11 bits per heavy atom. The molecule has 47 valence electrons. The molecule has 1 heterocycles. The van der Waals surface area contributed by atoms with Crippen molar-refractivity contribution in [1.82, 2.24) is 4.98 Å². The van der Waals surface area contributed by atoms with E-state index >= 15 is 0 Å². The molecule has 0 atom stereocenters. The van der Waals surface area contributed by atoms with E-state index in [-0.39, 0.29) is 0 Å². The Bertz CT molecular complexity index is 202. The molecule has 0 saturated heterocycles. The summed E-state index contributed by atoms with van der Waals surface area (Å²) in [4.78, 5) is 3.81. The van der Waals surface area contributed by atoms with Crippen LogP contribution in [0.5, 0.6) is 0 Å². The standard InChI is InChI=1S/C6H4Cl2N/c1-4-6(8)5(7)2-3-9-4/h2-3H,1H2. The minimum Gasteiger partial charge on any atom is -0.260 e. The normalized spacial score (nSPS) is 9.67. The average Bonchev–Trinajstić information content (AvgIpc) is 1.83. The molecule has 0 aromatic carbocycles. The van der Waals surface area contributed by atoms with Crippen molar-refractivity contribution < 1.29 is 0 Å². The molecule has 1 aromatic heterocycles. The highest BCUT2D eigenvalue weighted by atomic mass is 35.5. The van der Waals surface area contributed by atoms with Crippen LogP contribution in [0.3, 0.4) is 0 Å². The van der Waals surface area contributed by atoms with Gasteiger partial charge in [0.05, 0.1) is 15.7 Å². The van der Waals surface area contributed by atoms with Crippen molar-refractivity contribution in [2.45, 2.75) is 0 Å². The fraction of sp³-hybridized carbons (Fsp3) is 0. The van der Waals surface area contributed by atoms with Crippen LogP contribution in [0, 0.1) is 6.92 Å². The Morgan fingerprint density at radius 3 is 2.56 bits per heavy atom. The maximum Gasteiger partial charge on any atom is 0.0807 e. The van der Waals surface area contributed by atoms with E-state index in [1.54, 1.807) is 12.3 Å². The van der Waals surface area contributed by atoms with E-state index in [4.69, 9.17) is 23.2 Å². The van der Waals surface area contributed by atoms with E-state index in [1.807, 2.05) is 0 Å². The van der Waals surface area contributed by atoms with Crippen LogP contribution in [-0.2, 0) is 0 Å². The second-order valence-corrected chi connectivity index (χ2v) is 2.34. The maximum absolute atomic E-state index is 5.62. The van der Waals surface area contributed by atoms with Crippen LogP contribution in [0.2, 0.25) is 10.0 Å². The van der Waals surface area contributed by atoms with Crippen molar-refractivity contribution in [3.05, 3.63) is 34.9 Å². The van der Waals surface area contributed by atoms with Gasteiger partial charge in [-0.15, -0.1) is 0 Å². The zero-order valence-electron chi connectivity index (χ0n) is 4.56. The molecule has 1 nitrogen and oxygen atoms in total. The first-order chi connectivity index (χ1) is 4.22. The lowest BCUT2D eigenvalue weighted by Gasteiger charge is -1.95. The third-order valence-corrected chi connectivity index (χ3v) is 1.75. The fourth-order valence-corrected chi connectivity index (χ4v) is 0.738. The Balaban J connectivity index is 3.25. The summed E-state index contributed by atoms with van der Waals surface area (Å²) >= 11 is 11.2. The molecule has 1 radical (unpaired) electrons. The molecule has 0 fully saturated rings. The monoisotopic (exact) mass is 160 g/mol. The first-order valence-corrected chi connectivity index (χ1v) is 3.09. The maximum atomic E-state index is 5.62. The molecular formula is C6H4Cl2N. The van der Waals surface area contributed by atoms with Crippen LogP contribution < -0.4 is 0 Å². The highest BCUT2D eigenvalue weighted by Gasteiger charge is 1.98. The van der Waals surface area contributed by atoms with Crippen molar-refractivity contribution in [1.29, 1.82) is 0 Å². The number of aromatic nitrogens is 1. The number of hydrogen-bond donors (Lipinski definition) is 0. The van der Waals surface area contributed by atoms with Crippen molar-refractivity contribution in [3.8, 4) is 0 Å². The summed E-state index contributed by atoms with van der Waals surface area (Å²) in [5.41, 5.74) is 0.518. The summed E-state index contributed by atoms with van der Waals surface area (Å²) in [6.07, 6.45) is 1.57. The Morgan fingerprint density at radius 1 is 1.44 bits per heavy atom. The Hall–Kier alpha value is -0.270. The molecule has 3 heteroatoms. The van der Waals surface area contributed by atoms with Crippen molar-refractivity contribution in [2.75, 3.05) is 0 Å². The first-order valence-electron chi connectivity index (χ1n) is 2.34. The van der Waals surface area contributed by atoms with Crippen molar-refractivity contribution in [2.24, 2.45) is 0 Å². The van der Waals surface area contributed by atoms with Gasteiger partial charge in [-0.05, 0) is 13.0 Å². The average molecular weight is 161 g/mol. The lowest BCUT2D eigenvalue weighted by molar-refractivity contribution is 1.27. The first kappa shape index (κ1) is 6.84. The molecule has 9 heavy (non-hydrogen) atoms. The van der Waals surface area contributed by atoms with Crippen molar-refractivity contribution in [3.63, 3.8) is 0 Å². The second-order valence-electron chi connectivity index (χ2n) is 1.55. The molecule has 0 saturated carbocycles. The minimum absolute atomic E-state index is 0.430. The lowest BCUT2D eigenvalue weighted by Crippen LogP contribution is -1.80. The minimum atomic E-state index is 0.430. The summed E-state index contributed by atoms with van der Waals surface area (Å²) in [6.45, 7) is 3.55. The number of nitrogens with zero attached hydrogens (tertiary/aromatic N) is 1. The Labute approximate surface area is 63.6 Å². The largest absolute Gasteiger partial charge is 0.260 e. The molecule has 0 aliphatic rings. The van der Waals surface area contributed by atoms with Crippen LogP contribution in [0.25, 0.3) is 0 Å². The molecule has 0 bridgehead atoms. The van der Waals surface area contributed by atoms with Gasteiger partial charge < -0.3 is 0 Å². The highest BCUT2D eigenvalue weighted by molar-refractivity contribution is 6.42. The molecule has 0 aliphatic heterocycles. The number of hydrogen-bond acceptors (Lipinski definition) is 1. The lowest BCUT2D eigenvalue weighted by atomic mass is 10.4. The van der Waals surface area contributed by atoms with Crippen LogP contribution in [0.4, 0.5) is 0 Å².